The van der Waals surface area contributed by atoms with Crippen LogP contribution in [-0.2, 0) is 42.2 Å². The standard InChI is InChI=1S/C52H88N2.Ni/c1-7-13-15-17-18-19-20-21-22-23-24-25-26-27-28-29-30-32-38-52(54-50-42-40-46(34-10-4)48(44-50)36-12-6)51(37-31-16-14-8-2)53-49-41-39-45(33-9-3)47(43-49)35-11-5;/h39-44H,7-38H2,1-6H3;. The van der Waals surface area contributed by atoms with Crippen LogP contribution in [0.1, 0.15) is 244 Å². The summed E-state index contributed by atoms with van der Waals surface area (Å²) in [6.45, 7) is 13.8. The second-order valence-corrected chi connectivity index (χ2v) is 16.6. The predicted octanol–water partition coefficient (Wildman–Crippen LogP) is 17.7. The second-order valence-electron chi connectivity index (χ2n) is 16.6. The first kappa shape index (κ1) is 51.3. The van der Waals surface area contributed by atoms with E-state index in [4.69, 9.17) is 9.98 Å². The molecule has 2 rings (SSSR count). The molecule has 3 heteroatoms. The SMILES string of the molecule is CCCCCCCCCCCCCCCCCCCCC(=Nc1ccc(CCC)c(CCC)c1)C(CCCCCC)=Nc1ccc(CCC)c(CCC)c1.[Ni]. The molecule has 0 spiro atoms. The van der Waals surface area contributed by atoms with Crippen molar-refractivity contribution in [2.75, 3.05) is 0 Å². The van der Waals surface area contributed by atoms with Gasteiger partial charge in [-0.25, -0.2) is 0 Å². The summed E-state index contributed by atoms with van der Waals surface area (Å²) in [6.07, 6.45) is 41.7. The molecule has 0 bridgehead atoms. The third-order valence-corrected chi connectivity index (χ3v) is 11.4. The molecule has 0 atom stereocenters. The van der Waals surface area contributed by atoms with E-state index in [2.05, 4.69) is 77.9 Å². The van der Waals surface area contributed by atoms with Gasteiger partial charge in [0.1, 0.15) is 0 Å². The van der Waals surface area contributed by atoms with E-state index < -0.39 is 0 Å². The maximum Gasteiger partial charge on any atom is 0.0636 e. The van der Waals surface area contributed by atoms with E-state index in [1.807, 2.05) is 0 Å². The van der Waals surface area contributed by atoms with Crippen molar-refractivity contribution in [2.24, 2.45) is 9.98 Å². The van der Waals surface area contributed by atoms with E-state index in [1.54, 1.807) is 0 Å². The van der Waals surface area contributed by atoms with E-state index >= 15 is 0 Å². The quantitative estimate of drug-likeness (QED) is 0.0377. The van der Waals surface area contributed by atoms with Crippen LogP contribution in [0.3, 0.4) is 0 Å². The van der Waals surface area contributed by atoms with E-state index in [9.17, 15) is 0 Å². The first-order chi connectivity index (χ1) is 26.6. The first-order valence-corrected chi connectivity index (χ1v) is 24.0. The number of benzene rings is 2. The Morgan fingerprint density at radius 2 is 0.600 bits per heavy atom. The van der Waals surface area contributed by atoms with Crippen molar-refractivity contribution in [1.29, 1.82) is 0 Å². The average molecular weight is 800 g/mol. The summed E-state index contributed by atoms with van der Waals surface area (Å²) in [7, 11) is 0. The number of aliphatic imine (C=N–C) groups is 2. The maximum absolute atomic E-state index is 5.50. The fraction of sp³-hybridized carbons (Fsp3) is 0.731. The Bertz CT molecular complexity index is 1260. The molecule has 0 heterocycles. The van der Waals surface area contributed by atoms with Gasteiger partial charge in [-0.1, -0.05) is 208 Å². The van der Waals surface area contributed by atoms with Gasteiger partial charge in [0.2, 0.25) is 0 Å². The van der Waals surface area contributed by atoms with Gasteiger partial charge in [-0.3, -0.25) is 9.98 Å². The molecule has 0 aliphatic heterocycles. The summed E-state index contributed by atoms with van der Waals surface area (Å²) in [4.78, 5) is 11.0. The Hall–Kier alpha value is -1.73. The van der Waals surface area contributed by atoms with Gasteiger partial charge >= 0.3 is 0 Å². The summed E-state index contributed by atoms with van der Waals surface area (Å²) in [6, 6.07) is 14.1. The molecule has 2 nitrogen and oxygen atoms in total. The van der Waals surface area contributed by atoms with Gasteiger partial charge in [0.25, 0.3) is 0 Å². The Balaban J connectivity index is 0.0000151. The number of aryl methyl sites for hydroxylation is 4. The maximum atomic E-state index is 5.50. The molecule has 0 unspecified atom stereocenters. The van der Waals surface area contributed by atoms with Gasteiger partial charge in [-0.15, -0.1) is 0 Å². The van der Waals surface area contributed by atoms with Crippen molar-refractivity contribution >= 4 is 22.8 Å². The molecule has 0 aliphatic rings. The van der Waals surface area contributed by atoms with Crippen molar-refractivity contribution in [3.63, 3.8) is 0 Å². The smallest absolute Gasteiger partial charge is 0.0636 e. The molecule has 316 valence electrons. The van der Waals surface area contributed by atoms with Crippen LogP contribution in [0.4, 0.5) is 11.4 Å². The Kier molecular flexibility index (Phi) is 33.0. The summed E-state index contributed by atoms with van der Waals surface area (Å²) in [5.74, 6) is 0. The van der Waals surface area contributed by atoms with Gasteiger partial charge in [0, 0.05) is 16.5 Å². The first-order valence-electron chi connectivity index (χ1n) is 24.0. The van der Waals surface area contributed by atoms with Crippen molar-refractivity contribution < 1.29 is 16.5 Å². The molecule has 0 amide bonds. The van der Waals surface area contributed by atoms with Gasteiger partial charge in [0.15, 0.2) is 0 Å². The number of nitrogens with zero attached hydrogens (tertiary/aromatic N) is 2. The average Bonchev–Trinajstić information content (AvgIpc) is 3.17. The molecule has 0 saturated heterocycles. The third kappa shape index (κ3) is 23.9. The van der Waals surface area contributed by atoms with Gasteiger partial charge < -0.3 is 0 Å². The van der Waals surface area contributed by atoms with Gasteiger partial charge in [0.05, 0.1) is 22.8 Å². The molecule has 0 aromatic heterocycles. The summed E-state index contributed by atoms with van der Waals surface area (Å²) < 4.78 is 0. The third-order valence-electron chi connectivity index (χ3n) is 11.4. The van der Waals surface area contributed by atoms with Crippen LogP contribution in [0, 0.1) is 0 Å². The summed E-state index contributed by atoms with van der Waals surface area (Å²) in [5.41, 5.74) is 10.7. The van der Waals surface area contributed by atoms with Crippen LogP contribution >= 0.6 is 0 Å². The molecule has 0 fully saturated rings. The zero-order valence-electron chi connectivity index (χ0n) is 37.3. The van der Waals surface area contributed by atoms with E-state index in [0.29, 0.717) is 0 Å². The van der Waals surface area contributed by atoms with Crippen LogP contribution in [0.15, 0.2) is 46.4 Å². The Morgan fingerprint density at radius 1 is 0.327 bits per heavy atom. The minimum absolute atomic E-state index is 0. The number of unbranched alkanes of at least 4 members (excludes halogenated alkanes) is 20. The molecular weight excluding hydrogens is 711 g/mol. The van der Waals surface area contributed by atoms with Crippen molar-refractivity contribution in [3.05, 3.63) is 58.7 Å². The van der Waals surface area contributed by atoms with E-state index in [0.717, 1.165) is 49.9 Å². The summed E-state index contributed by atoms with van der Waals surface area (Å²) in [5, 5.41) is 0. The molecule has 0 N–H and O–H groups in total. The van der Waals surface area contributed by atoms with Crippen molar-refractivity contribution in [3.8, 4) is 0 Å². The van der Waals surface area contributed by atoms with Crippen LogP contribution in [-0.4, -0.2) is 11.4 Å². The molecule has 2 aromatic rings. The summed E-state index contributed by atoms with van der Waals surface area (Å²) >= 11 is 0. The minimum Gasteiger partial charge on any atom is -0.252 e. The molecule has 0 radical (unpaired) electrons. The minimum atomic E-state index is 0. The zero-order chi connectivity index (χ0) is 38.9. The second kappa shape index (κ2) is 35.4. The van der Waals surface area contributed by atoms with E-state index in [1.165, 1.54) is 201 Å². The topological polar surface area (TPSA) is 24.7 Å². The Morgan fingerprint density at radius 3 is 0.909 bits per heavy atom. The number of hydrogen-bond donors (Lipinski definition) is 0. The number of hydrogen-bond acceptors (Lipinski definition) is 2. The van der Waals surface area contributed by atoms with Crippen LogP contribution in [0.5, 0.6) is 0 Å². The normalized spacial score (nSPS) is 12.0. The van der Waals surface area contributed by atoms with Crippen LogP contribution in [0.2, 0.25) is 0 Å². The fourth-order valence-electron chi connectivity index (χ4n) is 8.15. The largest absolute Gasteiger partial charge is 0.252 e. The van der Waals surface area contributed by atoms with Crippen molar-refractivity contribution in [2.45, 2.75) is 247 Å². The van der Waals surface area contributed by atoms with Crippen LogP contribution < -0.4 is 0 Å². The Labute approximate surface area is 353 Å². The molecule has 55 heavy (non-hydrogen) atoms. The van der Waals surface area contributed by atoms with Gasteiger partial charge in [-0.05, 0) is 97.9 Å². The van der Waals surface area contributed by atoms with Crippen molar-refractivity contribution in [1.82, 2.24) is 0 Å². The predicted molar refractivity (Wildman–Crippen MR) is 245 cm³/mol. The van der Waals surface area contributed by atoms with Crippen LogP contribution in [0.25, 0.3) is 0 Å². The molecule has 0 aliphatic carbocycles. The monoisotopic (exact) mass is 799 g/mol. The fourth-order valence-corrected chi connectivity index (χ4v) is 8.15. The van der Waals surface area contributed by atoms with E-state index in [-0.39, 0.29) is 16.5 Å². The number of rotatable bonds is 35. The molecular formula is C52H88N2Ni. The van der Waals surface area contributed by atoms with Gasteiger partial charge in [-0.2, -0.15) is 0 Å². The molecule has 0 saturated carbocycles. The zero-order valence-corrected chi connectivity index (χ0v) is 38.3. The molecule has 2 aromatic carbocycles.